The molecule has 3 heterocycles. The van der Waals surface area contributed by atoms with E-state index in [0.717, 1.165) is 44.3 Å². The standard InChI is InChI=1S/C29H36BrN5O3/c1-29(2,3)15-33-24-13-21(23(30)12-22(24)27(31)37)28(38)34-18-10-19-7-8-20(11-18)35(19)25-9-6-17(14-32-25)26(36)16-4-5-16/h6,9,12-14,16,18-20,33H,4-5,7-8,10-11,15H2,1-3H3,(H2,31,37)(H,34,38). The molecule has 2 amide bonds. The molecule has 2 unspecified atom stereocenters. The SMILES string of the molecule is CC(C)(C)CNc1cc(C(=O)NC2CC3CCC(C2)N3c2ccc(C(=O)C3CC3)cn2)c(Br)cc1C(N)=O. The zero-order valence-corrected chi connectivity index (χ0v) is 23.8. The third kappa shape index (κ3) is 5.72. The number of nitrogens with one attached hydrogen (secondary N) is 2. The first kappa shape index (κ1) is 26.7. The molecule has 2 saturated heterocycles. The summed E-state index contributed by atoms with van der Waals surface area (Å²) in [5.41, 5.74) is 7.68. The van der Waals surface area contributed by atoms with E-state index in [1.54, 1.807) is 18.3 Å². The Morgan fingerprint density at radius 2 is 1.74 bits per heavy atom. The van der Waals surface area contributed by atoms with E-state index in [4.69, 9.17) is 5.73 Å². The molecular weight excluding hydrogens is 546 g/mol. The van der Waals surface area contributed by atoms with Crippen molar-refractivity contribution >= 4 is 45.0 Å². The number of anilines is 2. The van der Waals surface area contributed by atoms with E-state index in [0.29, 0.717) is 45.5 Å². The predicted octanol–water partition coefficient (Wildman–Crippen LogP) is 4.92. The Morgan fingerprint density at radius 1 is 1.05 bits per heavy atom. The molecule has 1 aromatic heterocycles. The number of carbonyl (C=O) groups excluding carboxylic acids is 3. The number of hydrogen-bond acceptors (Lipinski definition) is 6. The summed E-state index contributed by atoms with van der Waals surface area (Å²) in [4.78, 5) is 44.8. The van der Waals surface area contributed by atoms with E-state index in [1.807, 2.05) is 12.1 Å². The number of nitrogens with two attached hydrogens (primary N) is 1. The van der Waals surface area contributed by atoms with Gasteiger partial charge >= 0.3 is 0 Å². The lowest BCUT2D eigenvalue weighted by Gasteiger charge is -2.40. The first-order valence-electron chi connectivity index (χ1n) is 13.5. The molecule has 202 valence electrons. The van der Waals surface area contributed by atoms with Crippen LogP contribution < -0.4 is 21.3 Å². The van der Waals surface area contributed by atoms with Gasteiger partial charge in [-0.3, -0.25) is 14.4 Å². The van der Waals surface area contributed by atoms with Crippen LogP contribution in [0.3, 0.4) is 0 Å². The molecule has 1 aliphatic carbocycles. The van der Waals surface area contributed by atoms with Crippen LogP contribution >= 0.6 is 15.9 Å². The van der Waals surface area contributed by atoms with Crippen molar-refractivity contribution < 1.29 is 14.4 Å². The van der Waals surface area contributed by atoms with Gasteiger partial charge in [0, 0.05) is 52.5 Å². The number of Topliss-reactive ketones (excluding diaryl/α,β-unsaturated/α-hetero) is 1. The fourth-order valence-corrected chi connectivity index (χ4v) is 6.18. The Bertz CT molecular complexity index is 1240. The number of primary amides is 1. The average molecular weight is 583 g/mol. The number of hydrogen-bond donors (Lipinski definition) is 3. The Hall–Kier alpha value is -2.94. The molecule has 2 aromatic rings. The highest BCUT2D eigenvalue weighted by molar-refractivity contribution is 9.10. The zero-order valence-electron chi connectivity index (χ0n) is 22.2. The molecule has 1 saturated carbocycles. The first-order chi connectivity index (χ1) is 18.0. The number of fused-ring (bicyclic) bond motifs is 2. The molecule has 8 nitrogen and oxygen atoms in total. The Morgan fingerprint density at radius 3 is 2.29 bits per heavy atom. The lowest BCUT2D eigenvalue weighted by Crippen LogP contribution is -2.50. The van der Waals surface area contributed by atoms with Crippen LogP contribution in [-0.2, 0) is 0 Å². The molecule has 2 aliphatic heterocycles. The number of piperidine rings is 1. The average Bonchev–Trinajstić information content (AvgIpc) is 3.67. The van der Waals surface area contributed by atoms with E-state index in [-0.39, 0.29) is 29.1 Å². The molecule has 0 radical (unpaired) electrons. The van der Waals surface area contributed by atoms with Crippen molar-refractivity contribution in [2.75, 3.05) is 16.8 Å². The fourth-order valence-electron chi connectivity index (χ4n) is 5.66. The van der Waals surface area contributed by atoms with Gasteiger partial charge in [-0.2, -0.15) is 0 Å². The van der Waals surface area contributed by atoms with Crippen molar-refractivity contribution in [3.63, 3.8) is 0 Å². The summed E-state index contributed by atoms with van der Waals surface area (Å²) in [7, 11) is 0. The number of halogens is 1. The maximum atomic E-state index is 13.4. The molecule has 3 aliphatic rings. The van der Waals surface area contributed by atoms with Crippen molar-refractivity contribution in [3.8, 4) is 0 Å². The number of pyridine rings is 1. The van der Waals surface area contributed by atoms with Crippen molar-refractivity contribution in [1.29, 1.82) is 0 Å². The van der Waals surface area contributed by atoms with E-state index >= 15 is 0 Å². The topological polar surface area (TPSA) is 117 Å². The maximum absolute atomic E-state index is 13.4. The molecule has 0 spiro atoms. The summed E-state index contributed by atoms with van der Waals surface area (Å²) in [6, 6.07) is 7.85. The van der Waals surface area contributed by atoms with Gasteiger partial charge in [-0.15, -0.1) is 0 Å². The summed E-state index contributed by atoms with van der Waals surface area (Å²) in [6.45, 7) is 6.90. The molecule has 3 fully saturated rings. The van der Waals surface area contributed by atoms with Crippen LogP contribution in [0.4, 0.5) is 11.5 Å². The number of amides is 2. The minimum Gasteiger partial charge on any atom is -0.384 e. The van der Waals surface area contributed by atoms with Gasteiger partial charge < -0.3 is 21.3 Å². The number of nitrogens with zero attached hydrogens (tertiary/aromatic N) is 2. The lowest BCUT2D eigenvalue weighted by molar-refractivity contribution is 0.0923. The predicted molar refractivity (Wildman–Crippen MR) is 152 cm³/mol. The van der Waals surface area contributed by atoms with Crippen molar-refractivity contribution in [2.45, 2.75) is 77.4 Å². The molecule has 4 N–H and O–H groups in total. The van der Waals surface area contributed by atoms with Crippen molar-refractivity contribution in [2.24, 2.45) is 17.1 Å². The Labute approximate surface area is 232 Å². The first-order valence-corrected chi connectivity index (χ1v) is 14.3. The van der Waals surface area contributed by atoms with Crippen LogP contribution in [0.15, 0.2) is 34.9 Å². The second-order valence-corrected chi connectivity index (χ2v) is 13.0. The van der Waals surface area contributed by atoms with Crippen LogP contribution in [0, 0.1) is 11.3 Å². The van der Waals surface area contributed by atoms with Crippen molar-refractivity contribution in [3.05, 3.63) is 51.6 Å². The van der Waals surface area contributed by atoms with Crippen LogP contribution in [-0.4, -0.2) is 47.3 Å². The fraction of sp³-hybridized carbons (Fsp3) is 0.517. The molecule has 9 heteroatoms. The van der Waals surface area contributed by atoms with E-state index < -0.39 is 5.91 Å². The Balaban J connectivity index is 1.27. The highest BCUT2D eigenvalue weighted by Crippen LogP contribution is 2.39. The van der Waals surface area contributed by atoms with Gasteiger partial charge in [0.2, 0.25) is 0 Å². The summed E-state index contributed by atoms with van der Waals surface area (Å²) in [6.07, 6.45) is 7.48. The summed E-state index contributed by atoms with van der Waals surface area (Å²) in [5, 5.41) is 6.53. The maximum Gasteiger partial charge on any atom is 0.252 e. The molecular formula is C29H36BrN5O3. The quantitative estimate of drug-likeness (QED) is 0.381. The molecule has 2 atom stereocenters. The minimum absolute atomic E-state index is 0.0143. The van der Waals surface area contributed by atoms with E-state index in [1.165, 1.54) is 0 Å². The Kier molecular flexibility index (Phi) is 7.24. The third-order valence-corrected chi connectivity index (χ3v) is 8.40. The van der Waals surface area contributed by atoms with E-state index in [9.17, 15) is 14.4 Å². The number of carbonyl (C=O) groups is 3. The summed E-state index contributed by atoms with van der Waals surface area (Å²) in [5.74, 6) is 0.590. The smallest absolute Gasteiger partial charge is 0.252 e. The van der Waals surface area contributed by atoms with E-state index in [2.05, 4.69) is 57.2 Å². The number of aromatic nitrogens is 1. The molecule has 38 heavy (non-hydrogen) atoms. The second kappa shape index (κ2) is 10.3. The molecule has 2 bridgehead atoms. The monoisotopic (exact) mass is 581 g/mol. The van der Waals surface area contributed by atoms with Crippen LogP contribution in [0.25, 0.3) is 0 Å². The third-order valence-electron chi connectivity index (χ3n) is 7.74. The summed E-state index contributed by atoms with van der Waals surface area (Å²) < 4.78 is 0.538. The normalized spacial score (nSPS) is 22.7. The molecule has 5 rings (SSSR count). The number of benzene rings is 1. The van der Waals surface area contributed by atoms with Crippen LogP contribution in [0.2, 0.25) is 0 Å². The van der Waals surface area contributed by atoms with Gasteiger partial charge in [0.1, 0.15) is 5.82 Å². The number of rotatable bonds is 8. The summed E-state index contributed by atoms with van der Waals surface area (Å²) >= 11 is 3.47. The largest absolute Gasteiger partial charge is 0.384 e. The van der Waals surface area contributed by atoms with Crippen molar-refractivity contribution in [1.82, 2.24) is 10.3 Å². The van der Waals surface area contributed by atoms with Crippen LogP contribution in [0.5, 0.6) is 0 Å². The van der Waals surface area contributed by atoms with Gasteiger partial charge in [-0.1, -0.05) is 20.8 Å². The highest BCUT2D eigenvalue weighted by Gasteiger charge is 2.42. The minimum atomic E-state index is -0.545. The molecule has 1 aromatic carbocycles. The zero-order chi connectivity index (χ0) is 27.2. The highest BCUT2D eigenvalue weighted by atomic mass is 79.9. The second-order valence-electron chi connectivity index (χ2n) is 12.1. The van der Waals surface area contributed by atoms with Gasteiger partial charge in [0.05, 0.1) is 11.1 Å². The van der Waals surface area contributed by atoms with Gasteiger partial charge in [0.25, 0.3) is 11.8 Å². The van der Waals surface area contributed by atoms with Crippen LogP contribution in [0.1, 0.15) is 90.4 Å². The lowest BCUT2D eigenvalue weighted by atomic mass is 9.96. The van der Waals surface area contributed by atoms with Gasteiger partial charge in [0.15, 0.2) is 5.78 Å². The number of ketones is 1. The van der Waals surface area contributed by atoms with Gasteiger partial charge in [-0.25, -0.2) is 4.98 Å². The van der Waals surface area contributed by atoms with Gasteiger partial charge in [-0.05, 0) is 84.1 Å².